The highest BCUT2D eigenvalue weighted by Crippen LogP contribution is 2.24. The van der Waals surface area contributed by atoms with Gasteiger partial charge in [0.15, 0.2) is 0 Å². The van der Waals surface area contributed by atoms with Crippen LogP contribution in [0.1, 0.15) is 31.4 Å². The molecule has 30 heavy (non-hydrogen) atoms. The third-order valence-electron chi connectivity index (χ3n) is 4.98. The Labute approximate surface area is 183 Å². The van der Waals surface area contributed by atoms with Crippen LogP contribution in [0.2, 0.25) is 5.02 Å². The SMILES string of the molecule is CCCN(CC)Cc1cccc(-c2ccnc(NCCc3ccc(O)c(Cl)c3)n2)c1. The number of aromatic nitrogens is 2. The molecule has 0 aliphatic heterocycles. The fourth-order valence-electron chi connectivity index (χ4n) is 3.38. The van der Waals surface area contributed by atoms with Crippen LogP contribution < -0.4 is 5.32 Å². The monoisotopic (exact) mass is 424 g/mol. The molecule has 0 bridgehead atoms. The van der Waals surface area contributed by atoms with Gasteiger partial charge in [0.1, 0.15) is 5.75 Å². The molecule has 1 aromatic heterocycles. The predicted molar refractivity (Wildman–Crippen MR) is 124 cm³/mol. The quantitative estimate of drug-likeness (QED) is 0.457. The third kappa shape index (κ3) is 6.18. The van der Waals surface area contributed by atoms with E-state index >= 15 is 0 Å². The lowest BCUT2D eigenvalue weighted by Gasteiger charge is -2.19. The average Bonchev–Trinajstić information content (AvgIpc) is 2.76. The summed E-state index contributed by atoms with van der Waals surface area (Å²) in [4.78, 5) is 11.5. The first-order valence-corrected chi connectivity index (χ1v) is 10.8. The Hall–Kier alpha value is -2.63. The molecule has 0 saturated carbocycles. The number of phenolic OH excluding ortho intramolecular Hbond substituents is 1. The van der Waals surface area contributed by atoms with E-state index in [0.29, 0.717) is 17.5 Å². The molecule has 0 atom stereocenters. The second kappa shape index (κ2) is 11.0. The summed E-state index contributed by atoms with van der Waals surface area (Å²) in [5.41, 5.74) is 4.33. The molecule has 3 rings (SSSR count). The minimum atomic E-state index is 0.100. The summed E-state index contributed by atoms with van der Waals surface area (Å²) in [5, 5.41) is 13.2. The second-order valence-corrected chi connectivity index (χ2v) is 7.70. The molecule has 6 heteroatoms. The lowest BCUT2D eigenvalue weighted by Crippen LogP contribution is -2.23. The van der Waals surface area contributed by atoms with Crippen molar-refractivity contribution >= 4 is 17.5 Å². The fraction of sp³-hybridized carbons (Fsp3) is 0.333. The maximum Gasteiger partial charge on any atom is 0.223 e. The van der Waals surface area contributed by atoms with Crippen LogP contribution in [0, 0.1) is 0 Å². The van der Waals surface area contributed by atoms with E-state index in [4.69, 9.17) is 11.6 Å². The van der Waals surface area contributed by atoms with Gasteiger partial charge in [-0.05, 0) is 61.3 Å². The van der Waals surface area contributed by atoms with Crippen molar-refractivity contribution in [3.05, 3.63) is 70.9 Å². The Morgan fingerprint density at radius 2 is 1.93 bits per heavy atom. The van der Waals surface area contributed by atoms with Gasteiger partial charge >= 0.3 is 0 Å². The molecule has 0 spiro atoms. The van der Waals surface area contributed by atoms with Gasteiger partial charge in [0.05, 0.1) is 10.7 Å². The summed E-state index contributed by atoms with van der Waals surface area (Å²) < 4.78 is 0. The van der Waals surface area contributed by atoms with Gasteiger partial charge in [-0.3, -0.25) is 4.90 Å². The molecular formula is C24H29ClN4O. The maximum absolute atomic E-state index is 9.52. The minimum Gasteiger partial charge on any atom is -0.506 e. The van der Waals surface area contributed by atoms with Crippen LogP contribution in [0.15, 0.2) is 54.7 Å². The molecule has 0 saturated heterocycles. The largest absolute Gasteiger partial charge is 0.506 e. The highest BCUT2D eigenvalue weighted by molar-refractivity contribution is 6.32. The third-order valence-corrected chi connectivity index (χ3v) is 5.28. The summed E-state index contributed by atoms with van der Waals surface area (Å²) >= 11 is 5.97. The standard InChI is InChI=1S/C24H29ClN4O/c1-3-14-29(4-2)17-19-6-5-7-20(15-19)22-11-13-27-24(28-22)26-12-10-18-8-9-23(30)21(25)16-18/h5-9,11,13,15-16,30H,3-4,10,12,14,17H2,1-2H3,(H,26,27,28). The van der Waals surface area contributed by atoms with E-state index in [1.807, 2.05) is 12.1 Å². The topological polar surface area (TPSA) is 61.3 Å². The van der Waals surface area contributed by atoms with Crippen molar-refractivity contribution in [3.8, 4) is 17.0 Å². The molecule has 0 fully saturated rings. The number of benzene rings is 2. The molecule has 3 aromatic rings. The first kappa shape index (κ1) is 22.1. The fourth-order valence-corrected chi connectivity index (χ4v) is 3.58. The van der Waals surface area contributed by atoms with Crippen molar-refractivity contribution in [1.82, 2.24) is 14.9 Å². The van der Waals surface area contributed by atoms with Crippen molar-refractivity contribution in [1.29, 1.82) is 0 Å². The lowest BCUT2D eigenvalue weighted by atomic mass is 10.1. The Morgan fingerprint density at radius 1 is 1.07 bits per heavy atom. The number of aromatic hydroxyl groups is 1. The van der Waals surface area contributed by atoms with Crippen molar-refractivity contribution in [2.24, 2.45) is 0 Å². The lowest BCUT2D eigenvalue weighted by molar-refractivity contribution is 0.280. The zero-order chi connectivity index (χ0) is 21.3. The number of halogens is 1. The van der Waals surface area contributed by atoms with Crippen LogP contribution >= 0.6 is 11.6 Å². The van der Waals surface area contributed by atoms with E-state index in [1.165, 1.54) is 5.56 Å². The van der Waals surface area contributed by atoms with Gasteiger partial charge in [-0.2, -0.15) is 0 Å². The number of hydrogen-bond acceptors (Lipinski definition) is 5. The van der Waals surface area contributed by atoms with Crippen LogP contribution in [0.4, 0.5) is 5.95 Å². The number of hydrogen-bond donors (Lipinski definition) is 2. The van der Waals surface area contributed by atoms with E-state index in [1.54, 1.807) is 18.3 Å². The first-order chi connectivity index (χ1) is 14.6. The molecule has 0 radical (unpaired) electrons. The van der Waals surface area contributed by atoms with E-state index in [2.05, 4.69) is 58.3 Å². The van der Waals surface area contributed by atoms with E-state index in [9.17, 15) is 5.11 Å². The summed E-state index contributed by atoms with van der Waals surface area (Å²) in [7, 11) is 0. The second-order valence-electron chi connectivity index (χ2n) is 7.30. The van der Waals surface area contributed by atoms with E-state index in [0.717, 1.165) is 49.3 Å². The molecular weight excluding hydrogens is 396 g/mol. The number of phenols is 1. The maximum atomic E-state index is 9.52. The molecule has 158 valence electrons. The Bertz CT molecular complexity index is 963. The zero-order valence-electron chi connectivity index (χ0n) is 17.6. The molecule has 0 unspecified atom stereocenters. The zero-order valence-corrected chi connectivity index (χ0v) is 18.4. The molecule has 2 N–H and O–H groups in total. The van der Waals surface area contributed by atoms with E-state index in [-0.39, 0.29) is 5.75 Å². The summed E-state index contributed by atoms with van der Waals surface area (Å²) in [6.45, 7) is 8.19. The molecule has 2 aromatic carbocycles. The van der Waals surface area contributed by atoms with Crippen molar-refractivity contribution in [2.75, 3.05) is 25.0 Å². The van der Waals surface area contributed by atoms with Gasteiger partial charge in [0.2, 0.25) is 5.95 Å². The number of anilines is 1. The van der Waals surface area contributed by atoms with Gasteiger partial charge in [-0.25, -0.2) is 9.97 Å². The van der Waals surface area contributed by atoms with Crippen LogP contribution in [-0.4, -0.2) is 39.6 Å². The smallest absolute Gasteiger partial charge is 0.223 e. The Morgan fingerprint density at radius 3 is 2.70 bits per heavy atom. The van der Waals surface area contributed by atoms with Crippen molar-refractivity contribution in [3.63, 3.8) is 0 Å². The van der Waals surface area contributed by atoms with Crippen molar-refractivity contribution in [2.45, 2.75) is 33.2 Å². The van der Waals surface area contributed by atoms with E-state index < -0.39 is 0 Å². The van der Waals surface area contributed by atoms with Crippen LogP contribution in [0.3, 0.4) is 0 Å². The van der Waals surface area contributed by atoms with Gasteiger partial charge in [0, 0.05) is 24.8 Å². The summed E-state index contributed by atoms with van der Waals surface area (Å²) in [6.07, 6.45) is 3.70. The number of nitrogens with one attached hydrogen (secondary N) is 1. The molecule has 1 heterocycles. The molecule has 0 aliphatic carbocycles. The minimum absolute atomic E-state index is 0.100. The van der Waals surface area contributed by atoms with Crippen LogP contribution in [-0.2, 0) is 13.0 Å². The summed E-state index contributed by atoms with van der Waals surface area (Å²) in [5.74, 6) is 0.701. The van der Waals surface area contributed by atoms with Crippen LogP contribution in [0.25, 0.3) is 11.3 Å². The highest BCUT2D eigenvalue weighted by atomic mass is 35.5. The van der Waals surface area contributed by atoms with Gasteiger partial charge < -0.3 is 10.4 Å². The predicted octanol–water partition coefficient (Wildman–Crippen LogP) is 5.39. The van der Waals surface area contributed by atoms with Gasteiger partial charge in [-0.1, -0.05) is 49.7 Å². The molecule has 0 aliphatic rings. The molecule has 0 amide bonds. The molecule has 5 nitrogen and oxygen atoms in total. The first-order valence-electron chi connectivity index (χ1n) is 10.4. The van der Waals surface area contributed by atoms with Gasteiger partial charge in [-0.15, -0.1) is 0 Å². The number of nitrogens with zero attached hydrogens (tertiary/aromatic N) is 3. The van der Waals surface area contributed by atoms with Crippen molar-refractivity contribution < 1.29 is 5.11 Å². The Kier molecular flexibility index (Phi) is 8.05. The average molecular weight is 425 g/mol. The summed E-state index contributed by atoms with van der Waals surface area (Å²) in [6, 6.07) is 15.8. The Balaban J connectivity index is 1.64. The van der Waals surface area contributed by atoms with Gasteiger partial charge in [0.25, 0.3) is 0 Å². The highest BCUT2D eigenvalue weighted by Gasteiger charge is 2.07. The number of rotatable bonds is 10. The van der Waals surface area contributed by atoms with Crippen LogP contribution in [0.5, 0.6) is 5.75 Å². The normalized spacial score (nSPS) is 11.1.